The van der Waals surface area contributed by atoms with Crippen LogP contribution in [0, 0.1) is 5.63 Å². The monoisotopic (exact) mass is 231 g/mol. The summed E-state index contributed by atoms with van der Waals surface area (Å²) in [5.41, 5.74) is 8.04. The van der Waals surface area contributed by atoms with E-state index < -0.39 is 12.0 Å². The second-order valence-electron chi connectivity index (χ2n) is 3.50. The molecule has 86 valence electrons. The summed E-state index contributed by atoms with van der Waals surface area (Å²) in [4.78, 5) is 10.4. The van der Waals surface area contributed by atoms with Crippen LogP contribution in [0.1, 0.15) is 44.9 Å². The Kier molecular flexibility index (Phi) is 9.60. The first kappa shape index (κ1) is 14.4. The maximum absolute atomic E-state index is 10.4. The van der Waals surface area contributed by atoms with Crippen molar-refractivity contribution >= 4 is 13.9 Å². The summed E-state index contributed by atoms with van der Waals surface area (Å²) in [6.07, 6.45) is 6.33. The molecule has 0 rings (SSSR count). The molecule has 0 aliphatic rings. The maximum atomic E-state index is 10.4. The predicted octanol–water partition coefficient (Wildman–Crippen LogP) is 2.38. The predicted molar refractivity (Wildman–Crippen MR) is 59.4 cm³/mol. The fourth-order valence-corrected chi connectivity index (χ4v) is 1.52. The number of carboxylic acids is 1. The fraction of sp³-hybridized carbons (Fsp3) is 0.800. The SMILES string of the molecule is NC(CCCCCCCC#P=O)C(=O)O. The van der Waals surface area contributed by atoms with Crippen molar-refractivity contribution in [3.05, 3.63) is 0 Å². The molecule has 4 nitrogen and oxygen atoms in total. The Hall–Kier alpha value is -0.560. The van der Waals surface area contributed by atoms with E-state index in [9.17, 15) is 9.36 Å². The summed E-state index contributed by atoms with van der Waals surface area (Å²) in [6.45, 7) is 0. The number of hydrogen-bond acceptors (Lipinski definition) is 3. The molecule has 0 heterocycles. The van der Waals surface area contributed by atoms with Gasteiger partial charge in [0.15, 0.2) is 0 Å². The van der Waals surface area contributed by atoms with Crippen LogP contribution in [0.5, 0.6) is 0 Å². The molecular weight excluding hydrogens is 213 g/mol. The van der Waals surface area contributed by atoms with E-state index in [0.29, 0.717) is 6.42 Å². The number of aliphatic carboxylic acids is 1. The van der Waals surface area contributed by atoms with E-state index in [1.165, 1.54) is 0 Å². The minimum absolute atomic E-state index is 0.0115. The van der Waals surface area contributed by atoms with Gasteiger partial charge in [0.25, 0.3) is 0 Å². The van der Waals surface area contributed by atoms with Gasteiger partial charge in [-0.3, -0.25) is 0 Å². The van der Waals surface area contributed by atoms with Gasteiger partial charge in [-0.1, -0.05) is 0 Å². The van der Waals surface area contributed by atoms with Crippen molar-refractivity contribution < 1.29 is 14.5 Å². The van der Waals surface area contributed by atoms with Crippen molar-refractivity contribution in [3.8, 4) is 5.63 Å². The molecule has 3 N–H and O–H groups in total. The van der Waals surface area contributed by atoms with Gasteiger partial charge in [-0.05, 0) is 0 Å². The standard InChI is InChI=1S/C10H18NO3P/c11-9(10(12)13)7-5-3-1-2-4-6-8-15-14/h9H,1-7,11H2,(H,12,13). The molecule has 0 fully saturated rings. The third-order valence-corrected chi connectivity index (χ3v) is 2.54. The molecule has 0 aromatic heterocycles. The Bertz CT molecular complexity index is 273. The van der Waals surface area contributed by atoms with Crippen molar-refractivity contribution in [2.75, 3.05) is 0 Å². The van der Waals surface area contributed by atoms with Crippen LogP contribution in [0.3, 0.4) is 0 Å². The van der Waals surface area contributed by atoms with Gasteiger partial charge in [0, 0.05) is 0 Å². The second-order valence-corrected chi connectivity index (χ2v) is 4.00. The number of carbonyl (C=O) groups is 1. The summed E-state index contributed by atoms with van der Waals surface area (Å²) in [5, 5.41) is 8.52. The van der Waals surface area contributed by atoms with Gasteiger partial charge < -0.3 is 0 Å². The van der Waals surface area contributed by atoms with Gasteiger partial charge in [0.05, 0.1) is 0 Å². The number of hydrogen-bond donors (Lipinski definition) is 2. The zero-order chi connectivity index (χ0) is 11.5. The van der Waals surface area contributed by atoms with Gasteiger partial charge in [-0.15, -0.1) is 0 Å². The molecule has 0 spiro atoms. The molecule has 0 aromatic rings. The third-order valence-electron chi connectivity index (χ3n) is 2.19. The second kappa shape index (κ2) is 9.97. The molecule has 0 bridgehead atoms. The molecule has 0 radical (unpaired) electrons. The first-order chi connectivity index (χ1) is 7.18. The number of carboxylic acid groups (broad SMARTS) is 1. The number of rotatable bonds is 8. The third kappa shape index (κ3) is 9.74. The van der Waals surface area contributed by atoms with E-state index in [1.807, 2.05) is 0 Å². The molecule has 0 saturated heterocycles. The van der Waals surface area contributed by atoms with E-state index in [2.05, 4.69) is 5.63 Å². The van der Waals surface area contributed by atoms with Gasteiger partial charge >= 0.3 is 90.7 Å². The summed E-state index contributed by atoms with van der Waals surface area (Å²) < 4.78 is 10.00. The number of nitrogens with two attached hydrogens (primary N) is 1. The molecule has 0 saturated carbocycles. The van der Waals surface area contributed by atoms with Gasteiger partial charge in [0.2, 0.25) is 0 Å². The van der Waals surface area contributed by atoms with Crippen LogP contribution in [0.25, 0.3) is 0 Å². The van der Waals surface area contributed by atoms with Crippen molar-refractivity contribution in [2.24, 2.45) is 5.73 Å². The molecule has 0 amide bonds. The van der Waals surface area contributed by atoms with E-state index in [0.717, 1.165) is 38.5 Å². The van der Waals surface area contributed by atoms with Crippen molar-refractivity contribution in [2.45, 2.75) is 51.0 Å². The first-order valence-electron chi connectivity index (χ1n) is 5.22. The summed E-state index contributed by atoms with van der Waals surface area (Å²) >= 11 is 0. The summed E-state index contributed by atoms with van der Waals surface area (Å²) in [7, 11) is -0.0115. The molecule has 1 atom stereocenters. The van der Waals surface area contributed by atoms with Crippen LogP contribution >= 0.6 is 7.92 Å². The van der Waals surface area contributed by atoms with E-state index in [-0.39, 0.29) is 7.92 Å². The van der Waals surface area contributed by atoms with E-state index in [4.69, 9.17) is 10.8 Å². The Balaban J connectivity index is 3.20. The number of unbranched alkanes of at least 4 members (excludes halogenated alkanes) is 5. The van der Waals surface area contributed by atoms with Crippen LogP contribution < -0.4 is 5.73 Å². The Labute approximate surface area is 91.4 Å². The van der Waals surface area contributed by atoms with Crippen LogP contribution in [0.15, 0.2) is 0 Å². The molecular formula is C10H18NO3P. The van der Waals surface area contributed by atoms with Crippen molar-refractivity contribution in [1.82, 2.24) is 0 Å². The van der Waals surface area contributed by atoms with Crippen molar-refractivity contribution in [3.63, 3.8) is 0 Å². The molecule has 5 heteroatoms. The van der Waals surface area contributed by atoms with Crippen LogP contribution in [0.4, 0.5) is 0 Å². The molecule has 0 aliphatic heterocycles. The van der Waals surface area contributed by atoms with Crippen LogP contribution in [0.2, 0.25) is 0 Å². The fourth-order valence-electron chi connectivity index (χ4n) is 1.27. The van der Waals surface area contributed by atoms with E-state index >= 15 is 0 Å². The Morgan fingerprint density at radius 3 is 2.47 bits per heavy atom. The van der Waals surface area contributed by atoms with Crippen molar-refractivity contribution in [1.29, 1.82) is 0 Å². The molecule has 1 unspecified atom stereocenters. The topological polar surface area (TPSA) is 80.4 Å². The van der Waals surface area contributed by atoms with Gasteiger partial charge in [0.1, 0.15) is 0 Å². The quantitative estimate of drug-likeness (QED) is 0.496. The first-order valence-corrected chi connectivity index (χ1v) is 6.03. The summed E-state index contributed by atoms with van der Waals surface area (Å²) in [5.74, 6) is -0.923. The average molecular weight is 231 g/mol. The van der Waals surface area contributed by atoms with Gasteiger partial charge in [-0.25, -0.2) is 0 Å². The normalized spacial score (nSPS) is 11.8. The zero-order valence-electron chi connectivity index (χ0n) is 8.82. The molecule has 0 aromatic carbocycles. The van der Waals surface area contributed by atoms with Gasteiger partial charge in [-0.2, -0.15) is 0 Å². The average Bonchev–Trinajstić information content (AvgIpc) is 2.21. The molecule has 15 heavy (non-hydrogen) atoms. The minimum atomic E-state index is -0.923. The van der Waals surface area contributed by atoms with E-state index in [1.54, 1.807) is 0 Å². The molecule has 0 aliphatic carbocycles. The Morgan fingerprint density at radius 1 is 1.27 bits per heavy atom. The zero-order valence-corrected chi connectivity index (χ0v) is 9.71. The summed E-state index contributed by atoms with van der Waals surface area (Å²) in [6, 6.07) is -0.717. The van der Waals surface area contributed by atoms with Crippen LogP contribution in [-0.4, -0.2) is 17.1 Å². The Morgan fingerprint density at radius 2 is 1.87 bits per heavy atom. The van der Waals surface area contributed by atoms with Crippen LogP contribution in [-0.2, 0) is 9.36 Å².